The minimum atomic E-state index is 0.0284. The smallest absolute Gasteiger partial charge is 0.220 e. The van der Waals surface area contributed by atoms with Crippen molar-refractivity contribution in [2.24, 2.45) is 5.41 Å². The van der Waals surface area contributed by atoms with E-state index in [-0.39, 0.29) is 17.4 Å². The van der Waals surface area contributed by atoms with Crippen LogP contribution in [0.25, 0.3) is 0 Å². The Morgan fingerprint density at radius 1 is 1.17 bits per heavy atom. The summed E-state index contributed by atoms with van der Waals surface area (Å²) in [7, 11) is 4.11. The molecule has 1 aromatic rings. The van der Waals surface area contributed by atoms with Crippen LogP contribution in [0.2, 0.25) is 0 Å². The van der Waals surface area contributed by atoms with Crippen molar-refractivity contribution >= 4 is 11.6 Å². The molecule has 0 spiro atoms. The van der Waals surface area contributed by atoms with Crippen LogP contribution in [-0.2, 0) is 4.79 Å². The molecule has 24 heavy (non-hydrogen) atoms. The summed E-state index contributed by atoms with van der Waals surface area (Å²) in [5, 5.41) is 3.16. The van der Waals surface area contributed by atoms with Crippen LogP contribution in [-0.4, -0.2) is 44.5 Å². The summed E-state index contributed by atoms with van der Waals surface area (Å²) < 4.78 is 0. The van der Waals surface area contributed by atoms with Gasteiger partial charge < -0.3 is 10.2 Å². The summed E-state index contributed by atoms with van der Waals surface area (Å²) in [6.07, 6.45) is 3.07. The fourth-order valence-corrected chi connectivity index (χ4v) is 3.26. The number of carbonyl (C=O) groups excluding carboxylic acids is 1. The largest absolute Gasteiger partial charge is 0.378 e. The molecule has 0 aromatic heterocycles. The highest BCUT2D eigenvalue weighted by Gasteiger charge is 2.24. The Bertz CT molecular complexity index is 525. The normalized spacial score (nSPS) is 16.9. The molecule has 0 bridgehead atoms. The van der Waals surface area contributed by atoms with Crippen molar-refractivity contribution in [2.75, 3.05) is 38.6 Å². The molecular formula is C20H33N3O. The Kier molecular flexibility index (Phi) is 6.27. The third-order valence-corrected chi connectivity index (χ3v) is 4.56. The predicted molar refractivity (Wildman–Crippen MR) is 101 cm³/mol. The molecule has 1 saturated heterocycles. The van der Waals surface area contributed by atoms with E-state index >= 15 is 0 Å². The Morgan fingerprint density at radius 3 is 2.25 bits per heavy atom. The van der Waals surface area contributed by atoms with Crippen LogP contribution in [0.4, 0.5) is 5.69 Å². The van der Waals surface area contributed by atoms with E-state index in [1.165, 1.54) is 24.1 Å². The number of hydrogen-bond acceptors (Lipinski definition) is 3. The highest BCUT2D eigenvalue weighted by Crippen LogP contribution is 2.26. The van der Waals surface area contributed by atoms with Crippen LogP contribution in [0.3, 0.4) is 0 Å². The molecule has 0 unspecified atom stereocenters. The molecule has 1 aliphatic rings. The first-order valence-corrected chi connectivity index (χ1v) is 9.04. The molecule has 4 nitrogen and oxygen atoms in total. The summed E-state index contributed by atoms with van der Waals surface area (Å²) in [6, 6.07) is 9.00. The van der Waals surface area contributed by atoms with Crippen molar-refractivity contribution in [3.8, 4) is 0 Å². The summed E-state index contributed by atoms with van der Waals surface area (Å²) in [4.78, 5) is 16.8. The molecule has 0 saturated carbocycles. The van der Waals surface area contributed by atoms with Gasteiger partial charge in [0.1, 0.15) is 0 Å². The molecule has 134 valence electrons. The van der Waals surface area contributed by atoms with Crippen molar-refractivity contribution in [1.82, 2.24) is 10.2 Å². The standard InChI is InChI=1S/C20H33N3O/c1-20(2,3)14-19(24)21-15-18(23-12-6-7-13-23)16-8-10-17(11-9-16)22(4)5/h8-11,18H,6-7,12-15H2,1-5H3,(H,21,24)/t18-/m1/s1. The Labute approximate surface area is 147 Å². The molecule has 1 amide bonds. The molecule has 1 aromatic carbocycles. The van der Waals surface area contributed by atoms with Gasteiger partial charge in [-0.2, -0.15) is 0 Å². The van der Waals surface area contributed by atoms with E-state index < -0.39 is 0 Å². The molecule has 0 radical (unpaired) electrons. The number of rotatable bonds is 6. The van der Waals surface area contributed by atoms with Gasteiger partial charge in [-0.15, -0.1) is 0 Å². The van der Waals surface area contributed by atoms with Gasteiger partial charge in [0.05, 0.1) is 6.04 Å². The first-order valence-electron chi connectivity index (χ1n) is 9.04. The molecular weight excluding hydrogens is 298 g/mol. The van der Waals surface area contributed by atoms with Crippen molar-refractivity contribution in [3.05, 3.63) is 29.8 Å². The van der Waals surface area contributed by atoms with Gasteiger partial charge in [0.2, 0.25) is 5.91 Å². The van der Waals surface area contributed by atoms with E-state index in [9.17, 15) is 4.79 Å². The van der Waals surface area contributed by atoms with Crippen molar-refractivity contribution in [2.45, 2.75) is 46.1 Å². The van der Waals surface area contributed by atoms with Crippen LogP contribution in [0.15, 0.2) is 24.3 Å². The maximum atomic E-state index is 12.2. The monoisotopic (exact) mass is 331 g/mol. The van der Waals surface area contributed by atoms with E-state index in [0.717, 1.165) is 13.1 Å². The molecule has 0 aliphatic carbocycles. The SMILES string of the molecule is CN(C)c1ccc([C@@H](CNC(=O)CC(C)(C)C)N2CCCC2)cc1. The van der Waals surface area contributed by atoms with Gasteiger partial charge in [0, 0.05) is 32.7 Å². The number of likely N-dealkylation sites (tertiary alicyclic amines) is 1. The molecule has 4 heteroatoms. The molecule has 1 N–H and O–H groups in total. The fraction of sp³-hybridized carbons (Fsp3) is 0.650. The molecule has 1 aliphatic heterocycles. The lowest BCUT2D eigenvalue weighted by Gasteiger charge is -2.29. The zero-order chi connectivity index (χ0) is 17.7. The number of hydrogen-bond donors (Lipinski definition) is 1. The maximum Gasteiger partial charge on any atom is 0.220 e. The minimum absolute atomic E-state index is 0.0284. The Balaban J connectivity index is 2.06. The van der Waals surface area contributed by atoms with Gasteiger partial charge in [-0.3, -0.25) is 9.69 Å². The van der Waals surface area contributed by atoms with Crippen LogP contribution in [0.1, 0.15) is 51.6 Å². The van der Waals surface area contributed by atoms with Crippen LogP contribution in [0, 0.1) is 5.41 Å². The van der Waals surface area contributed by atoms with Gasteiger partial charge in [-0.1, -0.05) is 32.9 Å². The van der Waals surface area contributed by atoms with Gasteiger partial charge in [-0.05, 0) is 49.0 Å². The van der Waals surface area contributed by atoms with Gasteiger partial charge in [-0.25, -0.2) is 0 Å². The Hall–Kier alpha value is -1.55. The number of nitrogens with zero attached hydrogens (tertiary/aromatic N) is 2. The van der Waals surface area contributed by atoms with Crippen LogP contribution < -0.4 is 10.2 Å². The number of amides is 1. The first kappa shape index (κ1) is 18.8. The van der Waals surface area contributed by atoms with E-state index in [1.54, 1.807) is 0 Å². The summed E-state index contributed by atoms with van der Waals surface area (Å²) in [5.74, 6) is 0.150. The predicted octanol–water partition coefficient (Wildman–Crippen LogP) is 3.44. The quantitative estimate of drug-likeness (QED) is 0.867. The second-order valence-electron chi connectivity index (χ2n) is 8.29. The molecule has 2 rings (SSSR count). The average molecular weight is 332 g/mol. The summed E-state index contributed by atoms with van der Waals surface area (Å²) in [5.41, 5.74) is 2.52. The molecule has 1 fully saturated rings. The molecule has 1 atom stereocenters. The fourth-order valence-electron chi connectivity index (χ4n) is 3.26. The van der Waals surface area contributed by atoms with Gasteiger partial charge >= 0.3 is 0 Å². The highest BCUT2D eigenvalue weighted by atomic mass is 16.1. The number of anilines is 1. The Morgan fingerprint density at radius 2 is 1.75 bits per heavy atom. The van der Waals surface area contributed by atoms with E-state index in [0.29, 0.717) is 13.0 Å². The van der Waals surface area contributed by atoms with Crippen LogP contribution >= 0.6 is 0 Å². The molecule has 1 heterocycles. The lowest BCUT2D eigenvalue weighted by atomic mass is 9.92. The third kappa shape index (κ3) is 5.52. The summed E-state index contributed by atoms with van der Waals surface area (Å²) >= 11 is 0. The minimum Gasteiger partial charge on any atom is -0.378 e. The maximum absolute atomic E-state index is 12.2. The number of nitrogens with one attached hydrogen (secondary N) is 1. The lowest BCUT2D eigenvalue weighted by Crippen LogP contribution is -2.37. The average Bonchev–Trinajstić information content (AvgIpc) is 3.00. The van der Waals surface area contributed by atoms with Crippen LogP contribution in [0.5, 0.6) is 0 Å². The summed E-state index contributed by atoms with van der Waals surface area (Å²) in [6.45, 7) is 9.24. The van der Waals surface area contributed by atoms with E-state index in [1.807, 2.05) is 0 Å². The topological polar surface area (TPSA) is 35.6 Å². The number of benzene rings is 1. The zero-order valence-electron chi connectivity index (χ0n) is 15.9. The van der Waals surface area contributed by atoms with E-state index in [2.05, 4.69) is 74.2 Å². The highest BCUT2D eigenvalue weighted by molar-refractivity contribution is 5.76. The second-order valence-corrected chi connectivity index (χ2v) is 8.29. The lowest BCUT2D eigenvalue weighted by molar-refractivity contribution is -0.123. The second kappa shape index (κ2) is 8.02. The first-order chi connectivity index (χ1) is 11.3. The third-order valence-electron chi connectivity index (χ3n) is 4.56. The van der Waals surface area contributed by atoms with Gasteiger partial charge in [0.15, 0.2) is 0 Å². The van der Waals surface area contributed by atoms with Crippen molar-refractivity contribution in [1.29, 1.82) is 0 Å². The number of carbonyl (C=O) groups is 1. The zero-order valence-corrected chi connectivity index (χ0v) is 15.9. The van der Waals surface area contributed by atoms with Crippen molar-refractivity contribution in [3.63, 3.8) is 0 Å². The van der Waals surface area contributed by atoms with E-state index in [4.69, 9.17) is 0 Å². The van der Waals surface area contributed by atoms with Gasteiger partial charge in [0.25, 0.3) is 0 Å². The van der Waals surface area contributed by atoms with Crippen molar-refractivity contribution < 1.29 is 4.79 Å².